The van der Waals surface area contributed by atoms with Crippen LogP contribution in [0.4, 0.5) is 26.3 Å². The number of halogens is 7. The quantitative estimate of drug-likeness (QED) is 0.143. The number of ether oxygens (including phenoxy) is 2. The number of fused-ring (bicyclic) bond motifs is 1. The van der Waals surface area contributed by atoms with Crippen molar-refractivity contribution in [1.82, 2.24) is 19.7 Å². The summed E-state index contributed by atoms with van der Waals surface area (Å²) in [6.07, 6.45) is -4.77. The summed E-state index contributed by atoms with van der Waals surface area (Å²) in [4.78, 5) is 21.3. The van der Waals surface area contributed by atoms with Crippen molar-refractivity contribution in [3.05, 3.63) is 76.7 Å². The maximum Gasteiger partial charge on any atom is 0.408 e. The molecular weight excluding hydrogens is 658 g/mol. The molecule has 5 rings (SSSR count). The van der Waals surface area contributed by atoms with Gasteiger partial charge in [-0.3, -0.25) is 9.48 Å². The van der Waals surface area contributed by atoms with E-state index in [1.54, 1.807) is 0 Å². The Kier molecular flexibility index (Phi) is 8.02. The van der Waals surface area contributed by atoms with Gasteiger partial charge in [0.05, 0.1) is 26.0 Å². The number of carbonyl (C=O) groups is 1. The lowest BCUT2D eigenvalue weighted by Gasteiger charge is -2.27. The van der Waals surface area contributed by atoms with Crippen molar-refractivity contribution in [3.63, 3.8) is 0 Å². The van der Waals surface area contributed by atoms with Gasteiger partial charge in [-0.2, -0.15) is 31.4 Å². The number of carbonyl (C=O) groups excluding carboxylic acids is 1. The number of rotatable bonds is 10. The van der Waals surface area contributed by atoms with Crippen molar-refractivity contribution in [2.24, 2.45) is 0 Å². The van der Waals surface area contributed by atoms with Gasteiger partial charge in [0.25, 0.3) is 6.01 Å². The Morgan fingerprint density at radius 1 is 1.12 bits per heavy atom. The summed E-state index contributed by atoms with van der Waals surface area (Å²) >= 11 is 4.39. The molecule has 0 amide bonds. The van der Waals surface area contributed by atoms with Gasteiger partial charge in [-0.25, -0.2) is 9.97 Å². The number of hydrogen-bond donors (Lipinski definition) is 0. The number of ketones is 1. The van der Waals surface area contributed by atoms with Gasteiger partial charge in [0.1, 0.15) is 35.8 Å². The van der Waals surface area contributed by atoms with Gasteiger partial charge in [0, 0.05) is 12.3 Å². The number of benzene rings is 1. The van der Waals surface area contributed by atoms with Gasteiger partial charge in [-0.05, 0) is 47.1 Å². The van der Waals surface area contributed by atoms with Crippen LogP contribution in [0.2, 0.25) is 0 Å². The van der Waals surface area contributed by atoms with E-state index in [4.69, 9.17) is 13.9 Å². The fourth-order valence-electron chi connectivity index (χ4n) is 4.04. The third-order valence-corrected chi connectivity index (χ3v) is 8.04. The first-order chi connectivity index (χ1) is 19.8. The molecule has 4 heterocycles. The zero-order valence-electron chi connectivity index (χ0n) is 21.2. The fraction of sp³-hybridized carbons (Fsp3) is 0.231. The SMILES string of the molecule is CC(=O)[C@H](Oc1ncnc2sc(-c3ccc(F)o3)c(Br)c12)C(F)(F)c1ccccc1OCc1ccnn1CC(F)(F)F. The lowest BCUT2D eigenvalue weighted by Crippen LogP contribution is -2.42. The molecule has 1 aromatic carbocycles. The molecule has 1 atom stereocenters. The molecule has 4 aromatic heterocycles. The highest BCUT2D eigenvalue weighted by molar-refractivity contribution is 9.10. The third-order valence-electron chi connectivity index (χ3n) is 5.88. The minimum Gasteiger partial charge on any atom is -0.487 e. The van der Waals surface area contributed by atoms with Crippen LogP contribution in [0, 0.1) is 6.01 Å². The topological polar surface area (TPSA) is 92.3 Å². The molecule has 0 aliphatic rings. The number of aromatic nitrogens is 4. The number of para-hydroxylation sites is 1. The Morgan fingerprint density at radius 2 is 1.88 bits per heavy atom. The number of hydrogen-bond acceptors (Lipinski definition) is 8. The van der Waals surface area contributed by atoms with Crippen molar-refractivity contribution < 1.29 is 45.0 Å². The molecule has 0 aliphatic heterocycles. The number of Topliss-reactive ketones (excluding diaryl/α,β-unsaturated/α-hetero) is 1. The van der Waals surface area contributed by atoms with Crippen LogP contribution in [0.5, 0.6) is 11.6 Å². The van der Waals surface area contributed by atoms with Crippen LogP contribution in [-0.4, -0.2) is 37.8 Å². The van der Waals surface area contributed by atoms with Gasteiger partial charge in [0.2, 0.25) is 12.0 Å². The Bertz CT molecular complexity index is 1750. The largest absolute Gasteiger partial charge is 0.487 e. The summed E-state index contributed by atoms with van der Waals surface area (Å²) in [5.74, 6) is -5.64. The maximum absolute atomic E-state index is 16.1. The summed E-state index contributed by atoms with van der Waals surface area (Å²) in [6, 6.07) is 7.79. The molecule has 0 aliphatic carbocycles. The summed E-state index contributed by atoms with van der Waals surface area (Å²) in [5.41, 5.74) is -0.753. The lowest BCUT2D eigenvalue weighted by molar-refractivity contribution is -0.148. The molecule has 0 saturated heterocycles. The van der Waals surface area contributed by atoms with Crippen molar-refractivity contribution >= 4 is 43.3 Å². The van der Waals surface area contributed by atoms with Crippen molar-refractivity contribution in [1.29, 1.82) is 0 Å². The van der Waals surface area contributed by atoms with Crippen LogP contribution in [0.3, 0.4) is 0 Å². The van der Waals surface area contributed by atoms with E-state index in [1.807, 2.05) is 0 Å². The van der Waals surface area contributed by atoms with Crippen molar-refractivity contribution in [2.45, 2.75) is 38.3 Å². The first-order valence-corrected chi connectivity index (χ1v) is 13.5. The van der Waals surface area contributed by atoms with E-state index in [-0.39, 0.29) is 37.8 Å². The number of thiophene rings is 1. The highest BCUT2D eigenvalue weighted by Gasteiger charge is 2.49. The van der Waals surface area contributed by atoms with Gasteiger partial charge in [0.15, 0.2) is 5.78 Å². The first kappa shape index (κ1) is 29.6. The molecule has 42 heavy (non-hydrogen) atoms. The van der Waals surface area contributed by atoms with Crippen LogP contribution < -0.4 is 9.47 Å². The molecule has 0 N–H and O–H groups in total. The molecule has 0 unspecified atom stereocenters. The van der Waals surface area contributed by atoms with E-state index in [0.717, 1.165) is 42.9 Å². The van der Waals surface area contributed by atoms with Gasteiger partial charge in [-0.15, -0.1) is 11.3 Å². The molecule has 0 radical (unpaired) electrons. The Hall–Kier alpha value is -3.92. The molecule has 0 fully saturated rings. The second kappa shape index (κ2) is 11.4. The smallest absolute Gasteiger partial charge is 0.408 e. The summed E-state index contributed by atoms with van der Waals surface area (Å²) < 4.78 is 101. The first-order valence-electron chi connectivity index (χ1n) is 11.9. The Labute approximate surface area is 245 Å². The van der Waals surface area contributed by atoms with E-state index in [1.165, 1.54) is 30.3 Å². The summed E-state index contributed by atoms with van der Waals surface area (Å²) in [5, 5.41) is 3.75. The molecular formula is C26H17BrF6N4O4S. The van der Waals surface area contributed by atoms with Gasteiger partial charge < -0.3 is 13.9 Å². The average Bonchev–Trinajstić information content (AvgIpc) is 3.64. The highest BCUT2D eigenvalue weighted by atomic mass is 79.9. The predicted octanol–water partition coefficient (Wildman–Crippen LogP) is 7.32. The van der Waals surface area contributed by atoms with Crippen molar-refractivity contribution in [2.75, 3.05) is 0 Å². The molecule has 0 spiro atoms. The number of nitrogens with zero attached hydrogens (tertiary/aromatic N) is 4. The molecule has 8 nitrogen and oxygen atoms in total. The minimum atomic E-state index is -4.56. The van der Waals surface area contributed by atoms with E-state index >= 15 is 8.78 Å². The average molecular weight is 675 g/mol. The van der Waals surface area contributed by atoms with E-state index in [0.29, 0.717) is 9.56 Å². The third kappa shape index (κ3) is 5.99. The predicted molar refractivity (Wildman–Crippen MR) is 141 cm³/mol. The van der Waals surface area contributed by atoms with Crippen molar-refractivity contribution in [3.8, 4) is 22.3 Å². The van der Waals surface area contributed by atoms with Crippen LogP contribution in [0.15, 0.2) is 63.9 Å². The molecule has 0 saturated carbocycles. The second-order valence-electron chi connectivity index (χ2n) is 8.82. The Balaban J connectivity index is 1.46. The number of furan rings is 1. The molecule has 16 heteroatoms. The zero-order chi connectivity index (χ0) is 30.2. The maximum atomic E-state index is 16.1. The minimum absolute atomic E-state index is 0.0114. The van der Waals surface area contributed by atoms with E-state index in [9.17, 15) is 22.4 Å². The molecule has 5 aromatic rings. The van der Waals surface area contributed by atoms with Crippen LogP contribution in [0.1, 0.15) is 18.2 Å². The summed E-state index contributed by atoms with van der Waals surface area (Å²) in [6.45, 7) is -0.992. The fourth-order valence-corrected chi connectivity index (χ4v) is 5.95. The van der Waals surface area contributed by atoms with Crippen LogP contribution in [-0.2, 0) is 23.9 Å². The number of alkyl halides is 5. The molecule has 220 valence electrons. The normalized spacial score (nSPS) is 13.0. The van der Waals surface area contributed by atoms with Crippen LogP contribution in [0.25, 0.3) is 20.9 Å². The lowest BCUT2D eigenvalue weighted by atomic mass is 9.99. The second-order valence-corrected chi connectivity index (χ2v) is 10.6. The Morgan fingerprint density at radius 3 is 2.57 bits per heavy atom. The van der Waals surface area contributed by atoms with Crippen LogP contribution >= 0.6 is 27.3 Å². The van der Waals surface area contributed by atoms with Gasteiger partial charge >= 0.3 is 12.1 Å². The standard InChI is InChI=1S/C26H17BrF6N4O4S/c1-13(38)22(41-23-19-20(27)21(17-6-7-18(28)40-17)42-24(19)35-12-34-23)26(32,33)15-4-2-3-5-16(15)39-10-14-8-9-36-37(14)11-25(29,30)31/h2-9,12,22H,10-11H2,1H3/t22-/m0/s1. The molecule has 0 bridgehead atoms. The highest BCUT2D eigenvalue weighted by Crippen LogP contribution is 2.46. The van der Waals surface area contributed by atoms with E-state index in [2.05, 4.69) is 31.0 Å². The van der Waals surface area contributed by atoms with E-state index < -0.39 is 48.7 Å². The summed E-state index contributed by atoms with van der Waals surface area (Å²) in [7, 11) is 0. The monoisotopic (exact) mass is 674 g/mol. The van der Waals surface area contributed by atoms with Gasteiger partial charge in [-0.1, -0.05) is 12.1 Å². The zero-order valence-corrected chi connectivity index (χ0v) is 23.6.